The Morgan fingerprint density at radius 3 is 2.57 bits per heavy atom. The van der Waals surface area contributed by atoms with Crippen molar-refractivity contribution < 1.29 is 9.90 Å². The predicted molar refractivity (Wildman–Crippen MR) is 82.1 cm³/mol. The Bertz CT molecular complexity index is 773. The van der Waals surface area contributed by atoms with Gasteiger partial charge >= 0.3 is 0 Å². The Kier molecular flexibility index (Phi) is 3.75. The smallest absolute Gasteiger partial charge is 0.167 e. The van der Waals surface area contributed by atoms with Crippen LogP contribution in [0.2, 0.25) is 0 Å². The highest BCUT2D eigenvalue weighted by Crippen LogP contribution is 2.18. The van der Waals surface area contributed by atoms with Crippen LogP contribution in [0.1, 0.15) is 21.5 Å². The van der Waals surface area contributed by atoms with E-state index < -0.39 is 0 Å². The minimum absolute atomic E-state index is 0.0105. The molecule has 3 rings (SSSR count). The fourth-order valence-electron chi connectivity index (χ4n) is 2.39. The van der Waals surface area contributed by atoms with Gasteiger partial charge in [0.2, 0.25) is 0 Å². The number of rotatable bonds is 4. The summed E-state index contributed by atoms with van der Waals surface area (Å²) in [6.07, 6.45) is 2.10. The number of pyridine rings is 1. The molecule has 3 aromatic rings. The number of carbonyl (C=O) groups is 1. The fraction of sp³-hybridized carbons (Fsp3) is 0.111. The zero-order valence-corrected chi connectivity index (χ0v) is 11.5. The number of ketones is 1. The number of carbonyl (C=O) groups excluding carboxylic acids is 1. The maximum Gasteiger partial charge on any atom is 0.167 e. The van der Waals surface area contributed by atoms with Crippen molar-refractivity contribution in [3.05, 3.63) is 77.5 Å². The van der Waals surface area contributed by atoms with Gasteiger partial charge in [0.1, 0.15) is 0 Å². The van der Waals surface area contributed by atoms with Crippen molar-refractivity contribution >= 4 is 16.7 Å². The summed E-state index contributed by atoms with van der Waals surface area (Å²) >= 11 is 0. The van der Waals surface area contributed by atoms with Crippen LogP contribution < -0.4 is 0 Å². The van der Waals surface area contributed by atoms with Crippen molar-refractivity contribution in [3.8, 4) is 0 Å². The van der Waals surface area contributed by atoms with Crippen LogP contribution in [0.3, 0.4) is 0 Å². The normalized spacial score (nSPS) is 10.7. The third kappa shape index (κ3) is 2.83. The van der Waals surface area contributed by atoms with Gasteiger partial charge in [0.25, 0.3) is 0 Å². The molecular formula is C18H15NO2. The molecule has 0 saturated heterocycles. The second kappa shape index (κ2) is 5.85. The third-order valence-electron chi connectivity index (χ3n) is 3.55. The molecule has 1 heterocycles. The maximum atomic E-state index is 12.4. The van der Waals surface area contributed by atoms with E-state index in [2.05, 4.69) is 4.98 Å². The topological polar surface area (TPSA) is 50.2 Å². The van der Waals surface area contributed by atoms with Gasteiger partial charge in [-0.05, 0) is 23.3 Å². The van der Waals surface area contributed by atoms with E-state index >= 15 is 0 Å². The molecule has 1 aromatic heterocycles. The molecule has 0 radical (unpaired) electrons. The Balaban J connectivity index is 1.89. The van der Waals surface area contributed by atoms with Crippen molar-refractivity contribution in [3.63, 3.8) is 0 Å². The average molecular weight is 277 g/mol. The lowest BCUT2D eigenvalue weighted by Crippen LogP contribution is -2.04. The van der Waals surface area contributed by atoms with Crippen LogP contribution in [0.15, 0.2) is 60.8 Å². The number of hydrogen-bond donors (Lipinski definition) is 1. The number of aliphatic hydroxyl groups is 1. The monoisotopic (exact) mass is 277 g/mol. The first-order valence-corrected chi connectivity index (χ1v) is 6.83. The van der Waals surface area contributed by atoms with Crippen LogP contribution in [-0.2, 0) is 13.0 Å². The molecule has 0 saturated carbocycles. The number of aromatic nitrogens is 1. The highest BCUT2D eigenvalue weighted by atomic mass is 16.3. The van der Waals surface area contributed by atoms with Gasteiger partial charge in [0, 0.05) is 23.6 Å². The third-order valence-corrected chi connectivity index (χ3v) is 3.55. The zero-order chi connectivity index (χ0) is 14.7. The fourth-order valence-corrected chi connectivity index (χ4v) is 2.39. The summed E-state index contributed by atoms with van der Waals surface area (Å²) in [6, 6.07) is 16.8. The van der Waals surface area contributed by atoms with Crippen molar-refractivity contribution in [1.82, 2.24) is 4.98 Å². The molecule has 3 heteroatoms. The van der Waals surface area contributed by atoms with Gasteiger partial charge < -0.3 is 5.11 Å². The highest BCUT2D eigenvalue weighted by molar-refractivity contribution is 5.99. The summed E-state index contributed by atoms with van der Waals surface area (Å²) in [7, 11) is 0. The SMILES string of the molecule is O=C(Cc1cccc2ncccc12)c1ccc(CO)cc1. The van der Waals surface area contributed by atoms with E-state index in [0.29, 0.717) is 12.0 Å². The lowest BCUT2D eigenvalue weighted by Gasteiger charge is -2.06. The Morgan fingerprint density at radius 1 is 1.00 bits per heavy atom. The molecule has 2 aromatic carbocycles. The van der Waals surface area contributed by atoms with Gasteiger partial charge in [-0.3, -0.25) is 9.78 Å². The Hall–Kier alpha value is -2.52. The van der Waals surface area contributed by atoms with E-state index in [1.807, 2.05) is 30.3 Å². The Labute approximate surface area is 122 Å². The lowest BCUT2D eigenvalue weighted by atomic mass is 9.99. The molecule has 0 atom stereocenters. The molecule has 0 spiro atoms. The number of fused-ring (bicyclic) bond motifs is 1. The molecule has 3 nitrogen and oxygen atoms in total. The highest BCUT2D eigenvalue weighted by Gasteiger charge is 2.09. The van der Waals surface area contributed by atoms with Gasteiger partial charge in [-0.25, -0.2) is 0 Å². The number of Topliss-reactive ketones (excluding diaryl/α,β-unsaturated/α-hetero) is 1. The van der Waals surface area contributed by atoms with Gasteiger partial charge in [0.05, 0.1) is 12.1 Å². The largest absolute Gasteiger partial charge is 0.392 e. The summed E-state index contributed by atoms with van der Waals surface area (Å²) in [4.78, 5) is 16.7. The molecule has 0 bridgehead atoms. The summed E-state index contributed by atoms with van der Waals surface area (Å²) in [5, 5.41) is 10.0. The molecule has 0 aliphatic carbocycles. The molecule has 0 amide bonds. The van der Waals surface area contributed by atoms with Crippen molar-refractivity contribution in [2.75, 3.05) is 0 Å². The van der Waals surface area contributed by atoms with E-state index in [1.165, 1.54) is 0 Å². The molecular weight excluding hydrogens is 262 g/mol. The van der Waals surface area contributed by atoms with Crippen LogP contribution in [0, 0.1) is 0 Å². The van der Waals surface area contributed by atoms with Crippen molar-refractivity contribution in [1.29, 1.82) is 0 Å². The molecule has 0 aliphatic rings. The van der Waals surface area contributed by atoms with E-state index in [0.717, 1.165) is 22.0 Å². The van der Waals surface area contributed by atoms with Gasteiger partial charge in [-0.1, -0.05) is 42.5 Å². The number of benzene rings is 2. The number of aliphatic hydroxyl groups excluding tert-OH is 1. The first-order valence-electron chi connectivity index (χ1n) is 6.83. The van der Waals surface area contributed by atoms with Crippen molar-refractivity contribution in [2.45, 2.75) is 13.0 Å². The van der Waals surface area contributed by atoms with E-state index in [1.54, 1.807) is 30.5 Å². The summed E-state index contributed by atoms with van der Waals surface area (Å²) < 4.78 is 0. The Morgan fingerprint density at radius 2 is 1.81 bits per heavy atom. The lowest BCUT2D eigenvalue weighted by molar-refractivity contribution is 0.0993. The van der Waals surface area contributed by atoms with E-state index in [9.17, 15) is 4.79 Å². The minimum Gasteiger partial charge on any atom is -0.392 e. The second-order valence-corrected chi connectivity index (χ2v) is 4.94. The van der Waals surface area contributed by atoms with Crippen LogP contribution in [0.5, 0.6) is 0 Å². The van der Waals surface area contributed by atoms with Crippen LogP contribution in [-0.4, -0.2) is 15.9 Å². The maximum absolute atomic E-state index is 12.4. The minimum atomic E-state index is -0.0105. The first-order chi connectivity index (χ1) is 10.3. The molecule has 1 N–H and O–H groups in total. The van der Waals surface area contributed by atoms with E-state index in [-0.39, 0.29) is 12.4 Å². The second-order valence-electron chi connectivity index (χ2n) is 4.94. The van der Waals surface area contributed by atoms with Crippen LogP contribution >= 0.6 is 0 Å². The molecule has 0 fully saturated rings. The average Bonchev–Trinajstić information content (AvgIpc) is 2.55. The van der Waals surface area contributed by atoms with Gasteiger partial charge in [-0.15, -0.1) is 0 Å². The number of nitrogens with zero attached hydrogens (tertiary/aromatic N) is 1. The zero-order valence-electron chi connectivity index (χ0n) is 11.5. The summed E-state index contributed by atoms with van der Waals surface area (Å²) in [5.41, 5.74) is 3.35. The predicted octanol–water partition coefficient (Wildman–Crippen LogP) is 3.15. The van der Waals surface area contributed by atoms with Crippen LogP contribution in [0.25, 0.3) is 10.9 Å². The summed E-state index contributed by atoms with van der Waals surface area (Å²) in [6.45, 7) is -0.0105. The molecule has 21 heavy (non-hydrogen) atoms. The van der Waals surface area contributed by atoms with Crippen molar-refractivity contribution in [2.24, 2.45) is 0 Å². The molecule has 0 unspecified atom stereocenters. The van der Waals surface area contributed by atoms with Gasteiger partial charge in [-0.2, -0.15) is 0 Å². The quantitative estimate of drug-likeness (QED) is 0.745. The molecule has 0 aliphatic heterocycles. The van der Waals surface area contributed by atoms with Gasteiger partial charge in [0.15, 0.2) is 5.78 Å². The van der Waals surface area contributed by atoms with Crippen LogP contribution in [0.4, 0.5) is 0 Å². The van der Waals surface area contributed by atoms with E-state index in [4.69, 9.17) is 5.11 Å². The molecule has 104 valence electrons. The standard InChI is InChI=1S/C18H15NO2/c20-12-13-6-8-14(9-7-13)18(21)11-15-3-1-5-17-16(15)4-2-10-19-17/h1-10,20H,11-12H2. The summed E-state index contributed by atoms with van der Waals surface area (Å²) in [5.74, 6) is 0.0656. The first kappa shape index (κ1) is 13.5. The number of hydrogen-bond acceptors (Lipinski definition) is 3.